The second-order valence-corrected chi connectivity index (χ2v) is 6.71. The molecule has 1 aromatic heterocycles. The molecule has 90 valence electrons. The van der Waals surface area contributed by atoms with E-state index >= 15 is 0 Å². The third-order valence-corrected chi connectivity index (χ3v) is 5.28. The standard InChI is InChI=1S/C12H14N2OS2/c13-8-1-2-10-11(7-8)17-12(14-10)16-9-3-5-15-6-4-9/h1-2,7,9H,3-6,13H2. The van der Waals surface area contributed by atoms with E-state index in [-0.39, 0.29) is 0 Å². The van der Waals surface area contributed by atoms with Gasteiger partial charge in [0.15, 0.2) is 4.34 Å². The Kier molecular flexibility index (Phi) is 3.22. The molecule has 3 rings (SSSR count). The highest BCUT2D eigenvalue weighted by molar-refractivity contribution is 8.01. The van der Waals surface area contributed by atoms with Gasteiger partial charge in [0.25, 0.3) is 0 Å². The lowest BCUT2D eigenvalue weighted by molar-refractivity contribution is 0.100. The Balaban J connectivity index is 1.80. The molecule has 2 N–H and O–H groups in total. The molecule has 0 saturated carbocycles. The van der Waals surface area contributed by atoms with E-state index in [2.05, 4.69) is 4.98 Å². The lowest BCUT2D eigenvalue weighted by atomic mass is 10.2. The highest BCUT2D eigenvalue weighted by Crippen LogP contribution is 2.35. The van der Waals surface area contributed by atoms with Gasteiger partial charge in [-0.15, -0.1) is 11.3 Å². The molecule has 0 amide bonds. The number of nitrogens with zero attached hydrogens (tertiary/aromatic N) is 1. The van der Waals surface area contributed by atoms with Gasteiger partial charge in [0.2, 0.25) is 0 Å². The Morgan fingerprint density at radius 3 is 3.00 bits per heavy atom. The number of hydrogen-bond acceptors (Lipinski definition) is 5. The fourth-order valence-corrected chi connectivity index (χ4v) is 4.39. The highest BCUT2D eigenvalue weighted by Gasteiger charge is 2.17. The number of fused-ring (bicyclic) bond motifs is 1. The number of anilines is 1. The van der Waals surface area contributed by atoms with E-state index in [0.29, 0.717) is 5.25 Å². The van der Waals surface area contributed by atoms with Crippen LogP contribution in [-0.2, 0) is 4.74 Å². The molecule has 5 heteroatoms. The Hall–Kier alpha value is -0.780. The molecule has 1 saturated heterocycles. The summed E-state index contributed by atoms with van der Waals surface area (Å²) in [6.07, 6.45) is 2.26. The van der Waals surface area contributed by atoms with Crippen LogP contribution in [0.25, 0.3) is 10.2 Å². The molecule has 0 spiro atoms. The summed E-state index contributed by atoms with van der Waals surface area (Å²) in [5.41, 5.74) is 7.64. The maximum Gasteiger partial charge on any atom is 0.151 e. The summed E-state index contributed by atoms with van der Waals surface area (Å²) in [5.74, 6) is 0. The molecule has 0 atom stereocenters. The Morgan fingerprint density at radius 2 is 2.18 bits per heavy atom. The maximum atomic E-state index is 5.77. The number of nitrogens with two attached hydrogens (primary N) is 1. The summed E-state index contributed by atoms with van der Waals surface area (Å²) in [6, 6.07) is 5.90. The van der Waals surface area contributed by atoms with Gasteiger partial charge in [-0.05, 0) is 31.0 Å². The molecule has 17 heavy (non-hydrogen) atoms. The van der Waals surface area contributed by atoms with Crippen molar-refractivity contribution in [3.8, 4) is 0 Å². The average molecular weight is 266 g/mol. The summed E-state index contributed by atoms with van der Waals surface area (Å²) in [4.78, 5) is 4.63. The number of thioether (sulfide) groups is 1. The van der Waals surface area contributed by atoms with Crippen molar-refractivity contribution < 1.29 is 4.74 Å². The van der Waals surface area contributed by atoms with Gasteiger partial charge in [-0.2, -0.15) is 0 Å². The fourth-order valence-electron chi connectivity index (χ4n) is 1.91. The van der Waals surface area contributed by atoms with E-state index in [4.69, 9.17) is 10.5 Å². The summed E-state index contributed by atoms with van der Waals surface area (Å²) in [6.45, 7) is 1.77. The number of hydrogen-bond donors (Lipinski definition) is 1. The number of rotatable bonds is 2. The van der Waals surface area contributed by atoms with Crippen LogP contribution in [0.4, 0.5) is 5.69 Å². The van der Waals surface area contributed by atoms with Crippen molar-refractivity contribution in [2.45, 2.75) is 22.4 Å². The van der Waals surface area contributed by atoms with Crippen LogP contribution < -0.4 is 5.73 Å². The van der Waals surface area contributed by atoms with Crippen molar-refractivity contribution in [2.75, 3.05) is 18.9 Å². The van der Waals surface area contributed by atoms with Gasteiger partial charge < -0.3 is 10.5 Å². The topological polar surface area (TPSA) is 48.1 Å². The van der Waals surface area contributed by atoms with Crippen LogP contribution in [0.1, 0.15) is 12.8 Å². The SMILES string of the molecule is Nc1ccc2nc(SC3CCOCC3)sc2c1. The number of thiazole rings is 1. The molecule has 3 nitrogen and oxygen atoms in total. The predicted molar refractivity (Wildman–Crippen MR) is 73.7 cm³/mol. The first kappa shape index (κ1) is 11.3. The van der Waals surface area contributed by atoms with Gasteiger partial charge >= 0.3 is 0 Å². The molecule has 2 aromatic rings. The lowest BCUT2D eigenvalue weighted by Gasteiger charge is -2.19. The van der Waals surface area contributed by atoms with E-state index in [0.717, 1.165) is 41.6 Å². The van der Waals surface area contributed by atoms with Crippen LogP contribution in [0.2, 0.25) is 0 Å². The molecule has 1 fully saturated rings. The quantitative estimate of drug-likeness (QED) is 0.848. The van der Waals surface area contributed by atoms with E-state index in [1.807, 2.05) is 30.0 Å². The van der Waals surface area contributed by atoms with Gasteiger partial charge in [0.1, 0.15) is 0 Å². The van der Waals surface area contributed by atoms with Crippen molar-refractivity contribution in [2.24, 2.45) is 0 Å². The van der Waals surface area contributed by atoms with Crippen LogP contribution >= 0.6 is 23.1 Å². The maximum absolute atomic E-state index is 5.77. The average Bonchev–Trinajstić information content (AvgIpc) is 2.71. The van der Waals surface area contributed by atoms with Gasteiger partial charge in [-0.25, -0.2) is 4.98 Å². The third-order valence-electron chi connectivity index (χ3n) is 2.83. The number of aromatic nitrogens is 1. The second kappa shape index (κ2) is 4.84. The molecular formula is C12H14N2OS2. The van der Waals surface area contributed by atoms with Crippen molar-refractivity contribution in [1.29, 1.82) is 0 Å². The first-order valence-corrected chi connectivity index (χ1v) is 7.41. The smallest absolute Gasteiger partial charge is 0.151 e. The Bertz CT molecular complexity index is 520. The molecule has 2 heterocycles. The number of benzene rings is 1. The predicted octanol–water partition coefficient (Wildman–Crippen LogP) is 3.15. The van der Waals surface area contributed by atoms with Gasteiger partial charge in [-0.3, -0.25) is 0 Å². The van der Waals surface area contributed by atoms with Crippen molar-refractivity contribution in [3.63, 3.8) is 0 Å². The largest absolute Gasteiger partial charge is 0.399 e. The summed E-state index contributed by atoms with van der Waals surface area (Å²) in [5, 5.41) is 0.654. The van der Waals surface area contributed by atoms with E-state index in [9.17, 15) is 0 Å². The minimum Gasteiger partial charge on any atom is -0.399 e. The zero-order chi connectivity index (χ0) is 11.7. The Morgan fingerprint density at radius 1 is 1.35 bits per heavy atom. The fraction of sp³-hybridized carbons (Fsp3) is 0.417. The van der Waals surface area contributed by atoms with Crippen LogP contribution in [0, 0.1) is 0 Å². The third kappa shape index (κ3) is 2.56. The molecule has 0 radical (unpaired) electrons. The lowest BCUT2D eigenvalue weighted by Crippen LogP contribution is -2.17. The summed E-state index contributed by atoms with van der Waals surface area (Å²) < 4.78 is 7.70. The molecular weight excluding hydrogens is 252 g/mol. The highest BCUT2D eigenvalue weighted by atomic mass is 32.2. The normalized spacial score (nSPS) is 17.6. The molecule has 0 bridgehead atoms. The number of nitrogen functional groups attached to an aromatic ring is 1. The van der Waals surface area contributed by atoms with Crippen LogP contribution in [0.3, 0.4) is 0 Å². The summed E-state index contributed by atoms with van der Waals surface area (Å²) >= 11 is 3.62. The van der Waals surface area contributed by atoms with Crippen molar-refractivity contribution in [3.05, 3.63) is 18.2 Å². The Labute approximate surface area is 108 Å². The zero-order valence-corrected chi connectivity index (χ0v) is 11.0. The number of ether oxygens (including phenoxy) is 1. The van der Waals surface area contributed by atoms with E-state index in [1.165, 1.54) is 4.70 Å². The van der Waals surface area contributed by atoms with E-state index in [1.54, 1.807) is 11.3 Å². The molecule has 1 aliphatic rings. The molecule has 1 aromatic carbocycles. The van der Waals surface area contributed by atoms with Crippen LogP contribution in [-0.4, -0.2) is 23.4 Å². The second-order valence-electron chi connectivity index (χ2n) is 4.14. The molecule has 1 aliphatic heterocycles. The minimum atomic E-state index is 0.654. The minimum absolute atomic E-state index is 0.654. The summed E-state index contributed by atoms with van der Waals surface area (Å²) in [7, 11) is 0. The van der Waals surface area contributed by atoms with Crippen LogP contribution in [0.5, 0.6) is 0 Å². The monoisotopic (exact) mass is 266 g/mol. The van der Waals surface area contributed by atoms with Crippen molar-refractivity contribution in [1.82, 2.24) is 4.98 Å². The first-order chi connectivity index (χ1) is 8.31. The molecule has 0 unspecified atom stereocenters. The van der Waals surface area contributed by atoms with Gasteiger partial charge in [-0.1, -0.05) is 11.8 Å². The van der Waals surface area contributed by atoms with E-state index < -0.39 is 0 Å². The zero-order valence-electron chi connectivity index (χ0n) is 9.39. The van der Waals surface area contributed by atoms with Crippen molar-refractivity contribution >= 4 is 39.0 Å². The first-order valence-electron chi connectivity index (χ1n) is 5.72. The van der Waals surface area contributed by atoms with Gasteiger partial charge in [0.05, 0.1) is 10.2 Å². The molecule has 0 aliphatic carbocycles. The van der Waals surface area contributed by atoms with Crippen LogP contribution in [0.15, 0.2) is 22.5 Å². The van der Waals surface area contributed by atoms with Gasteiger partial charge in [0, 0.05) is 24.2 Å².